The minimum absolute atomic E-state index is 0.207. The first-order chi connectivity index (χ1) is 11.0. The smallest absolute Gasteiger partial charge is 0.267 e. The van der Waals surface area contributed by atoms with Crippen LogP contribution in [0.1, 0.15) is 5.56 Å². The van der Waals surface area contributed by atoms with Crippen LogP contribution < -0.4 is 5.56 Å². The molecule has 0 saturated carbocycles. The molecule has 0 fully saturated rings. The van der Waals surface area contributed by atoms with Gasteiger partial charge in [-0.3, -0.25) is 4.79 Å². The number of benzene rings is 2. The second kappa shape index (κ2) is 6.87. The molecule has 0 saturated heterocycles. The number of rotatable bonds is 3. The van der Waals surface area contributed by atoms with Gasteiger partial charge in [0.05, 0.1) is 12.2 Å². The van der Waals surface area contributed by atoms with E-state index in [-0.39, 0.29) is 12.1 Å². The van der Waals surface area contributed by atoms with E-state index in [2.05, 4.69) is 21.0 Å². The molecule has 1 heterocycles. The quantitative estimate of drug-likeness (QED) is 0.608. The topological polar surface area (TPSA) is 34.9 Å². The largest absolute Gasteiger partial charge is 0.268 e. The van der Waals surface area contributed by atoms with Crippen molar-refractivity contribution in [3.05, 3.63) is 85.0 Å². The van der Waals surface area contributed by atoms with Crippen LogP contribution in [0.3, 0.4) is 0 Å². The summed E-state index contributed by atoms with van der Waals surface area (Å²) in [5, 5.41) is 5.45. The Labute approximate surface area is 151 Å². The van der Waals surface area contributed by atoms with Crippen LogP contribution in [-0.2, 0) is 6.54 Å². The third-order valence-electron chi connectivity index (χ3n) is 3.38. The third kappa shape index (κ3) is 3.66. The summed E-state index contributed by atoms with van der Waals surface area (Å²) in [4.78, 5) is 12.1. The maximum Gasteiger partial charge on any atom is 0.267 e. The van der Waals surface area contributed by atoms with E-state index in [1.807, 2.05) is 24.3 Å². The minimum atomic E-state index is -0.207. The molecule has 6 heteroatoms. The predicted molar refractivity (Wildman–Crippen MR) is 97.2 cm³/mol. The second-order valence-electron chi connectivity index (χ2n) is 4.92. The molecule has 0 aliphatic heterocycles. The Morgan fingerprint density at radius 1 is 0.957 bits per heavy atom. The molecule has 2 aromatic carbocycles. The molecule has 3 nitrogen and oxygen atoms in total. The van der Waals surface area contributed by atoms with Crippen molar-refractivity contribution in [1.82, 2.24) is 9.78 Å². The van der Waals surface area contributed by atoms with E-state index >= 15 is 0 Å². The van der Waals surface area contributed by atoms with Gasteiger partial charge in [0.15, 0.2) is 0 Å². The predicted octanol–water partition coefficient (Wildman–Crippen LogP) is 5.03. The molecule has 1 aromatic heterocycles. The van der Waals surface area contributed by atoms with Crippen molar-refractivity contribution in [2.24, 2.45) is 0 Å². The van der Waals surface area contributed by atoms with Crippen LogP contribution in [-0.4, -0.2) is 9.78 Å². The van der Waals surface area contributed by atoms with E-state index in [9.17, 15) is 4.79 Å². The monoisotopic (exact) mass is 408 g/mol. The van der Waals surface area contributed by atoms with Crippen LogP contribution in [0.2, 0.25) is 10.0 Å². The highest BCUT2D eigenvalue weighted by Crippen LogP contribution is 2.25. The van der Waals surface area contributed by atoms with Crippen LogP contribution in [0, 0.1) is 0 Å². The van der Waals surface area contributed by atoms with Gasteiger partial charge in [0.25, 0.3) is 5.56 Å². The van der Waals surface area contributed by atoms with Gasteiger partial charge in [0.1, 0.15) is 0 Å². The average molecular weight is 410 g/mol. The number of halogens is 3. The van der Waals surface area contributed by atoms with Gasteiger partial charge >= 0.3 is 0 Å². The van der Waals surface area contributed by atoms with Gasteiger partial charge < -0.3 is 0 Å². The fourth-order valence-corrected chi connectivity index (χ4v) is 2.95. The third-order valence-corrected chi connectivity index (χ3v) is 4.61. The standard InChI is InChI=1S/C17H11BrCl2N2O/c18-12-6-4-11(5-7-12)16-8-9-17(23)22(21-16)10-13-14(19)2-1-3-15(13)20/h1-9H,10H2. The highest BCUT2D eigenvalue weighted by atomic mass is 79.9. The van der Waals surface area contributed by atoms with E-state index in [1.54, 1.807) is 24.3 Å². The summed E-state index contributed by atoms with van der Waals surface area (Å²) >= 11 is 15.7. The van der Waals surface area contributed by atoms with Gasteiger partial charge in [-0.1, -0.05) is 57.3 Å². The first-order valence-electron chi connectivity index (χ1n) is 6.81. The SMILES string of the molecule is O=c1ccc(-c2ccc(Br)cc2)nn1Cc1c(Cl)cccc1Cl. The summed E-state index contributed by atoms with van der Waals surface area (Å²) in [6, 6.07) is 16.2. The lowest BCUT2D eigenvalue weighted by Gasteiger charge is -2.10. The van der Waals surface area contributed by atoms with Crippen LogP contribution >= 0.6 is 39.1 Å². The van der Waals surface area contributed by atoms with Gasteiger partial charge in [-0.05, 0) is 30.3 Å². The minimum Gasteiger partial charge on any atom is -0.268 e. The van der Waals surface area contributed by atoms with E-state index in [0.717, 1.165) is 10.0 Å². The van der Waals surface area contributed by atoms with Crippen molar-refractivity contribution in [3.63, 3.8) is 0 Å². The zero-order valence-corrected chi connectivity index (χ0v) is 14.9. The van der Waals surface area contributed by atoms with Gasteiger partial charge in [-0.15, -0.1) is 0 Å². The van der Waals surface area contributed by atoms with E-state index in [4.69, 9.17) is 23.2 Å². The highest BCUT2D eigenvalue weighted by Gasteiger charge is 2.09. The molecular formula is C17H11BrCl2N2O. The lowest BCUT2D eigenvalue weighted by atomic mass is 10.1. The summed E-state index contributed by atoms with van der Waals surface area (Å²) < 4.78 is 2.35. The number of hydrogen-bond donors (Lipinski definition) is 0. The molecule has 0 bridgehead atoms. The molecule has 116 valence electrons. The van der Waals surface area contributed by atoms with Crippen LogP contribution in [0.4, 0.5) is 0 Å². The van der Waals surface area contributed by atoms with Crippen LogP contribution in [0.5, 0.6) is 0 Å². The van der Waals surface area contributed by atoms with Crippen molar-refractivity contribution < 1.29 is 0 Å². The van der Waals surface area contributed by atoms with Crippen LogP contribution in [0.15, 0.2) is 63.9 Å². The lowest BCUT2D eigenvalue weighted by Crippen LogP contribution is -2.23. The highest BCUT2D eigenvalue weighted by molar-refractivity contribution is 9.10. The zero-order chi connectivity index (χ0) is 16.4. The van der Waals surface area contributed by atoms with Crippen molar-refractivity contribution in [1.29, 1.82) is 0 Å². The van der Waals surface area contributed by atoms with E-state index in [0.29, 0.717) is 21.3 Å². The molecule has 0 atom stereocenters. The Morgan fingerprint density at radius 2 is 1.61 bits per heavy atom. The summed E-state index contributed by atoms with van der Waals surface area (Å²) in [5.41, 5.74) is 2.10. The molecule has 3 rings (SSSR count). The molecule has 0 aliphatic carbocycles. The van der Waals surface area contributed by atoms with Crippen molar-refractivity contribution in [2.75, 3.05) is 0 Å². The van der Waals surface area contributed by atoms with Crippen LogP contribution in [0.25, 0.3) is 11.3 Å². The first-order valence-corrected chi connectivity index (χ1v) is 8.36. The normalized spacial score (nSPS) is 10.7. The fourth-order valence-electron chi connectivity index (χ4n) is 2.17. The lowest BCUT2D eigenvalue weighted by molar-refractivity contribution is 0.643. The molecule has 0 unspecified atom stereocenters. The Bertz CT molecular complexity index is 887. The summed E-state index contributed by atoms with van der Waals surface area (Å²) in [7, 11) is 0. The van der Waals surface area contributed by atoms with E-state index in [1.165, 1.54) is 10.7 Å². The number of nitrogens with zero attached hydrogens (tertiary/aromatic N) is 2. The first kappa shape index (κ1) is 16.2. The zero-order valence-electron chi connectivity index (χ0n) is 11.8. The summed E-state index contributed by atoms with van der Waals surface area (Å²) in [6.45, 7) is 0.224. The number of aromatic nitrogens is 2. The van der Waals surface area contributed by atoms with E-state index < -0.39 is 0 Å². The Hall–Kier alpha value is -1.62. The van der Waals surface area contributed by atoms with Gasteiger partial charge in [0.2, 0.25) is 0 Å². The van der Waals surface area contributed by atoms with Gasteiger partial charge in [-0.25, -0.2) is 4.68 Å². The summed E-state index contributed by atoms with van der Waals surface area (Å²) in [6.07, 6.45) is 0. The molecule has 23 heavy (non-hydrogen) atoms. The Kier molecular flexibility index (Phi) is 4.85. The molecule has 0 amide bonds. The van der Waals surface area contributed by atoms with Gasteiger partial charge in [-0.2, -0.15) is 5.10 Å². The fraction of sp³-hybridized carbons (Fsp3) is 0.0588. The maximum atomic E-state index is 12.1. The summed E-state index contributed by atoms with van der Waals surface area (Å²) in [5.74, 6) is 0. The Morgan fingerprint density at radius 3 is 2.26 bits per heavy atom. The van der Waals surface area contributed by atoms with Crippen molar-refractivity contribution >= 4 is 39.1 Å². The molecule has 0 radical (unpaired) electrons. The maximum absolute atomic E-state index is 12.1. The van der Waals surface area contributed by atoms with Gasteiger partial charge in [0, 0.05) is 31.7 Å². The number of hydrogen-bond acceptors (Lipinski definition) is 2. The molecular weight excluding hydrogens is 399 g/mol. The second-order valence-corrected chi connectivity index (χ2v) is 6.65. The molecule has 0 N–H and O–H groups in total. The molecule has 3 aromatic rings. The van der Waals surface area contributed by atoms with Crippen molar-refractivity contribution in [3.8, 4) is 11.3 Å². The molecule has 0 aliphatic rings. The van der Waals surface area contributed by atoms with Crippen molar-refractivity contribution in [2.45, 2.75) is 6.54 Å². The Balaban J connectivity index is 2.01. The average Bonchev–Trinajstić information content (AvgIpc) is 2.53. The molecule has 0 spiro atoms.